The van der Waals surface area contributed by atoms with Crippen molar-refractivity contribution in [3.63, 3.8) is 0 Å². The minimum absolute atomic E-state index is 0.00748. The molecule has 2 unspecified atom stereocenters. The second kappa shape index (κ2) is 13.0. The van der Waals surface area contributed by atoms with Crippen LogP contribution in [0.15, 0.2) is 4.99 Å². The van der Waals surface area contributed by atoms with Gasteiger partial charge in [0.25, 0.3) is 0 Å². The lowest BCUT2D eigenvalue weighted by atomic mass is 10.0. The van der Waals surface area contributed by atoms with Crippen LogP contribution < -0.4 is 10.6 Å². The van der Waals surface area contributed by atoms with Crippen LogP contribution >= 0.6 is 0 Å². The second-order valence-corrected chi connectivity index (χ2v) is 8.64. The van der Waals surface area contributed by atoms with Gasteiger partial charge in [0.05, 0.1) is 19.3 Å². The minimum Gasteiger partial charge on any atom is -0.379 e. The van der Waals surface area contributed by atoms with Gasteiger partial charge in [-0.05, 0) is 31.6 Å². The quantitative estimate of drug-likeness (QED) is 0.434. The minimum atomic E-state index is -0.00748. The molecule has 0 bridgehead atoms. The van der Waals surface area contributed by atoms with Gasteiger partial charge in [-0.3, -0.25) is 9.69 Å². The highest BCUT2D eigenvalue weighted by molar-refractivity contribution is 5.84. The van der Waals surface area contributed by atoms with Crippen molar-refractivity contribution in [1.82, 2.24) is 20.4 Å². The average Bonchev–Trinajstić information content (AvgIpc) is 2.73. The maximum atomic E-state index is 12.0. The van der Waals surface area contributed by atoms with Crippen molar-refractivity contribution in [3.8, 4) is 0 Å². The topological polar surface area (TPSA) is 78.4 Å². The first-order valence-electron chi connectivity index (χ1n) is 11.1. The predicted molar refractivity (Wildman–Crippen MR) is 116 cm³/mol. The van der Waals surface area contributed by atoms with E-state index in [1.165, 1.54) is 6.42 Å². The molecule has 2 saturated heterocycles. The number of nitrogens with one attached hydrogen (secondary N) is 2. The van der Waals surface area contributed by atoms with E-state index in [9.17, 15) is 4.79 Å². The molecule has 0 radical (unpaired) electrons. The predicted octanol–water partition coefficient (Wildman–Crippen LogP) is 0.926. The highest BCUT2D eigenvalue weighted by Gasteiger charge is 2.22. The summed E-state index contributed by atoms with van der Waals surface area (Å²) in [5, 5.41) is 6.88. The Bertz CT molecular complexity index is 501. The van der Waals surface area contributed by atoms with E-state index in [1.54, 1.807) is 19.0 Å². The molecule has 0 saturated carbocycles. The molecule has 2 heterocycles. The maximum absolute atomic E-state index is 12.0. The number of ether oxygens (including phenoxy) is 2. The molecule has 0 aliphatic carbocycles. The molecular weight excluding hydrogens is 370 g/mol. The third-order valence-electron chi connectivity index (χ3n) is 5.45. The van der Waals surface area contributed by atoms with Gasteiger partial charge in [-0.25, -0.2) is 4.99 Å². The van der Waals surface area contributed by atoms with Gasteiger partial charge < -0.3 is 25.0 Å². The van der Waals surface area contributed by atoms with Crippen molar-refractivity contribution in [3.05, 3.63) is 0 Å². The summed E-state index contributed by atoms with van der Waals surface area (Å²) in [6, 6.07) is 0.418. The van der Waals surface area contributed by atoms with Gasteiger partial charge in [0.15, 0.2) is 5.96 Å². The molecule has 8 heteroatoms. The van der Waals surface area contributed by atoms with Gasteiger partial charge >= 0.3 is 0 Å². The molecule has 2 atom stereocenters. The summed E-state index contributed by atoms with van der Waals surface area (Å²) >= 11 is 0. The lowest BCUT2D eigenvalue weighted by Gasteiger charge is -2.36. The number of guanidine groups is 1. The lowest BCUT2D eigenvalue weighted by molar-refractivity contribution is -0.127. The second-order valence-electron chi connectivity index (χ2n) is 8.64. The Balaban J connectivity index is 1.94. The van der Waals surface area contributed by atoms with Crippen molar-refractivity contribution in [1.29, 1.82) is 0 Å². The largest absolute Gasteiger partial charge is 0.379 e. The Morgan fingerprint density at radius 2 is 1.93 bits per heavy atom. The Kier molecular flexibility index (Phi) is 10.7. The van der Waals surface area contributed by atoms with Gasteiger partial charge in [0.1, 0.15) is 6.54 Å². The van der Waals surface area contributed by atoms with Crippen LogP contribution in [0.1, 0.15) is 39.5 Å². The average molecular weight is 412 g/mol. The molecule has 8 nitrogen and oxygen atoms in total. The summed E-state index contributed by atoms with van der Waals surface area (Å²) in [6.07, 6.45) is 4.75. The number of aliphatic imine (C=N–C) groups is 1. The van der Waals surface area contributed by atoms with Crippen LogP contribution in [-0.4, -0.2) is 100 Å². The number of rotatable bonds is 9. The molecule has 0 aromatic heterocycles. The van der Waals surface area contributed by atoms with Crippen molar-refractivity contribution in [2.24, 2.45) is 10.9 Å². The third-order valence-corrected chi connectivity index (χ3v) is 5.45. The van der Waals surface area contributed by atoms with Crippen LogP contribution in [0.5, 0.6) is 0 Å². The van der Waals surface area contributed by atoms with Crippen molar-refractivity contribution < 1.29 is 14.3 Å². The van der Waals surface area contributed by atoms with E-state index in [-0.39, 0.29) is 18.6 Å². The molecule has 0 spiro atoms. The van der Waals surface area contributed by atoms with E-state index >= 15 is 0 Å². The fourth-order valence-corrected chi connectivity index (χ4v) is 3.70. The van der Waals surface area contributed by atoms with Gasteiger partial charge in [-0.15, -0.1) is 0 Å². The van der Waals surface area contributed by atoms with Crippen LogP contribution in [0.4, 0.5) is 0 Å². The molecule has 2 aliphatic rings. The Labute approximate surface area is 176 Å². The summed E-state index contributed by atoms with van der Waals surface area (Å²) in [4.78, 5) is 20.6. The summed E-state index contributed by atoms with van der Waals surface area (Å²) in [5.41, 5.74) is 0. The summed E-state index contributed by atoms with van der Waals surface area (Å²) in [6.45, 7) is 10.5. The van der Waals surface area contributed by atoms with Crippen LogP contribution in [0, 0.1) is 5.92 Å². The molecule has 29 heavy (non-hydrogen) atoms. The Morgan fingerprint density at radius 3 is 2.55 bits per heavy atom. The monoisotopic (exact) mass is 411 g/mol. The normalized spacial score (nSPS) is 22.4. The van der Waals surface area contributed by atoms with Crippen molar-refractivity contribution >= 4 is 11.9 Å². The number of morpholine rings is 1. The van der Waals surface area contributed by atoms with Crippen LogP contribution in [0.25, 0.3) is 0 Å². The van der Waals surface area contributed by atoms with Gasteiger partial charge in [0.2, 0.25) is 5.91 Å². The SMILES string of the molecule is CC(C)CC(CNC(=NCC(=O)N(C)C)NCC1CCCCO1)N1CCOCC1. The molecule has 2 aliphatic heterocycles. The molecule has 2 rings (SSSR count). The smallest absolute Gasteiger partial charge is 0.243 e. The third kappa shape index (κ3) is 9.31. The molecule has 2 fully saturated rings. The number of hydrogen-bond donors (Lipinski definition) is 2. The highest BCUT2D eigenvalue weighted by atomic mass is 16.5. The first-order chi connectivity index (χ1) is 14.0. The Morgan fingerprint density at radius 1 is 1.17 bits per heavy atom. The fraction of sp³-hybridized carbons (Fsp3) is 0.905. The number of likely N-dealkylation sites (N-methyl/N-ethyl adjacent to an activating group) is 1. The number of amides is 1. The molecule has 0 aromatic rings. The molecular formula is C21H41N5O3. The first-order valence-corrected chi connectivity index (χ1v) is 11.1. The van der Waals surface area contributed by atoms with Crippen molar-refractivity contribution in [2.45, 2.75) is 51.7 Å². The molecule has 2 N–H and O–H groups in total. The zero-order valence-electron chi connectivity index (χ0n) is 18.8. The van der Waals surface area contributed by atoms with Crippen LogP contribution in [0.2, 0.25) is 0 Å². The number of carbonyl (C=O) groups is 1. The van der Waals surface area contributed by atoms with E-state index in [1.807, 2.05) is 0 Å². The zero-order chi connectivity index (χ0) is 21.1. The molecule has 1 amide bonds. The number of carbonyl (C=O) groups excluding carboxylic acids is 1. The molecule has 0 aromatic carbocycles. The highest BCUT2D eigenvalue weighted by Crippen LogP contribution is 2.13. The van der Waals surface area contributed by atoms with Gasteiger partial charge in [-0.1, -0.05) is 13.8 Å². The Hall–Kier alpha value is -1.38. The number of nitrogens with zero attached hydrogens (tertiary/aromatic N) is 3. The van der Waals surface area contributed by atoms with Crippen LogP contribution in [-0.2, 0) is 14.3 Å². The lowest BCUT2D eigenvalue weighted by Crippen LogP contribution is -2.52. The van der Waals surface area contributed by atoms with E-state index in [0.29, 0.717) is 24.5 Å². The maximum Gasteiger partial charge on any atom is 0.243 e. The van der Waals surface area contributed by atoms with E-state index in [4.69, 9.17) is 9.47 Å². The first kappa shape index (κ1) is 23.9. The zero-order valence-corrected chi connectivity index (χ0v) is 18.8. The fourth-order valence-electron chi connectivity index (χ4n) is 3.70. The summed E-state index contributed by atoms with van der Waals surface area (Å²) < 4.78 is 11.3. The van der Waals surface area contributed by atoms with E-state index in [0.717, 1.165) is 58.7 Å². The van der Waals surface area contributed by atoms with E-state index < -0.39 is 0 Å². The summed E-state index contributed by atoms with van der Waals surface area (Å²) in [7, 11) is 3.51. The van der Waals surface area contributed by atoms with E-state index in [2.05, 4.69) is 34.4 Å². The standard InChI is InChI=1S/C21H41N5O3/c1-17(2)13-18(26-8-11-28-12-9-26)14-22-21(24-16-20(27)25(3)4)23-15-19-7-5-6-10-29-19/h17-19H,5-16H2,1-4H3,(H2,22,23,24). The van der Waals surface area contributed by atoms with Crippen molar-refractivity contribution in [2.75, 3.05) is 66.6 Å². The summed E-state index contributed by atoms with van der Waals surface area (Å²) in [5.74, 6) is 1.30. The number of hydrogen-bond acceptors (Lipinski definition) is 5. The molecule has 168 valence electrons. The van der Waals surface area contributed by atoms with Crippen LogP contribution in [0.3, 0.4) is 0 Å². The van der Waals surface area contributed by atoms with Gasteiger partial charge in [0, 0.05) is 52.9 Å². The van der Waals surface area contributed by atoms with Gasteiger partial charge in [-0.2, -0.15) is 0 Å².